The fourth-order valence-corrected chi connectivity index (χ4v) is 3.51. The third-order valence-corrected chi connectivity index (χ3v) is 5.03. The number of benzene rings is 1. The van der Waals surface area contributed by atoms with Gasteiger partial charge in [-0.2, -0.15) is 0 Å². The second-order valence-corrected chi connectivity index (χ2v) is 6.89. The van der Waals surface area contributed by atoms with Crippen molar-refractivity contribution in [1.29, 1.82) is 0 Å². The van der Waals surface area contributed by atoms with Crippen LogP contribution in [0.15, 0.2) is 48.8 Å². The van der Waals surface area contributed by atoms with Crippen molar-refractivity contribution in [3.63, 3.8) is 0 Å². The van der Waals surface area contributed by atoms with Crippen LogP contribution in [-0.2, 0) is 6.54 Å². The van der Waals surface area contributed by atoms with E-state index in [-0.39, 0.29) is 0 Å². The maximum absolute atomic E-state index is 4.38. The van der Waals surface area contributed by atoms with Crippen LogP contribution < -0.4 is 9.80 Å². The molecule has 1 aromatic carbocycles. The molecule has 0 saturated carbocycles. The van der Waals surface area contributed by atoms with E-state index in [9.17, 15) is 0 Å². The monoisotopic (exact) mass is 335 g/mol. The Bertz CT molecular complexity index is 829. The van der Waals surface area contributed by atoms with Gasteiger partial charge in [-0.3, -0.25) is 4.90 Å². The van der Waals surface area contributed by atoms with E-state index in [4.69, 9.17) is 0 Å². The highest BCUT2D eigenvalue weighted by molar-refractivity contribution is 5.79. The van der Waals surface area contributed by atoms with Crippen molar-refractivity contribution in [2.45, 2.75) is 6.54 Å². The summed E-state index contributed by atoms with van der Waals surface area (Å²) in [5.41, 5.74) is 4.89. The Kier molecular flexibility index (Phi) is 4.32. The molecule has 5 heteroatoms. The number of fused-ring (bicyclic) bond motifs is 1. The third kappa shape index (κ3) is 3.33. The molecule has 0 spiro atoms. The lowest BCUT2D eigenvalue weighted by Gasteiger charge is -2.36. The molecular formula is C20H25N5. The summed E-state index contributed by atoms with van der Waals surface area (Å²) in [4.78, 5) is 14.8. The average Bonchev–Trinajstić information content (AvgIpc) is 3.06. The first kappa shape index (κ1) is 16.0. The van der Waals surface area contributed by atoms with Gasteiger partial charge in [0, 0.05) is 76.0 Å². The molecule has 1 saturated heterocycles. The average molecular weight is 335 g/mol. The molecule has 0 atom stereocenters. The lowest BCUT2D eigenvalue weighted by Crippen LogP contribution is -2.45. The molecule has 0 unspecified atom stereocenters. The number of rotatable bonds is 4. The Hall–Kier alpha value is -2.53. The molecule has 3 aromatic rings. The van der Waals surface area contributed by atoms with Crippen molar-refractivity contribution >= 4 is 22.4 Å². The van der Waals surface area contributed by atoms with Crippen LogP contribution in [0.5, 0.6) is 0 Å². The minimum Gasteiger partial charge on any atom is -0.378 e. The standard InChI is InChI=1S/C20H25N5/c1-23(2)17-5-7-18(8-6-17)25-12-10-24(11-13-25)15-16-14-22-20-19(16)4-3-9-21-20/h3-9,14H,10-13,15H2,1-2H3,(H,21,22). The van der Waals surface area contributed by atoms with Gasteiger partial charge >= 0.3 is 0 Å². The normalized spacial score (nSPS) is 15.7. The zero-order valence-electron chi connectivity index (χ0n) is 14.9. The van der Waals surface area contributed by atoms with Crippen molar-refractivity contribution < 1.29 is 0 Å². The maximum atomic E-state index is 4.38. The van der Waals surface area contributed by atoms with Gasteiger partial charge < -0.3 is 14.8 Å². The Morgan fingerprint density at radius 2 is 1.80 bits per heavy atom. The number of anilines is 2. The summed E-state index contributed by atoms with van der Waals surface area (Å²) in [7, 11) is 4.15. The summed E-state index contributed by atoms with van der Waals surface area (Å²) >= 11 is 0. The number of aromatic nitrogens is 2. The van der Waals surface area contributed by atoms with Gasteiger partial charge in [-0.25, -0.2) is 4.98 Å². The van der Waals surface area contributed by atoms with Crippen LogP contribution in [0.4, 0.5) is 11.4 Å². The number of piperazine rings is 1. The molecule has 0 amide bonds. The largest absolute Gasteiger partial charge is 0.378 e. The summed E-state index contributed by atoms with van der Waals surface area (Å²) in [6.07, 6.45) is 3.94. The lowest BCUT2D eigenvalue weighted by atomic mass is 10.2. The highest BCUT2D eigenvalue weighted by Crippen LogP contribution is 2.22. The molecule has 0 radical (unpaired) electrons. The van der Waals surface area contributed by atoms with E-state index in [1.54, 1.807) is 0 Å². The summed E-state index contributed by atoms with van der Waals surface area (Å²) in [6, 6.07) is 13.0. The molecule has 1 fully saturated rings. The Balaban J connectivity index is 1.38. The van der Waals surface area contributed by atoms with E-state index < -0.39 is 0 Å². The first-order valence-electron chi connectivity index (χ1n) is 8.86. The fourth-order valence-electron chi connectivity index (χ4n) is 3.51. The second-order valence-electron chi connectivity index (χ2n) is 6.89. The first-order valence-corrected chi connectivity index (χ1v) is 8.86. The minimum absolute atomic E-state index is 0.983. The molecule has 0 aliphatic carbocycles. The van der Waals surface area contributed by atoms with Crippen LogP contribution >= 0.6 is 0 Å². The highest BCUT2D eigenvalue weighted by atomic mass is 15.3. The fraction of sp³-hybridized carbons (Fsp3) is 0.350. The van der Waals surface area contributed by atoms with E-state index in [2.05, 4.69) is 75.3 Å². The SMILES string of the molecule is CN(C)c1ccc(N2CCN(Cc3c[nH]c4ncccc34)CC2)cc1. The molecule has 2 aromatic heterocycles. The zero-order valence-corrected chi connectivity index (χ0v) is 14.9. The number of aromatic amines is 1. The highest BCUT2D eigenvalue weighted by Gasteiger charge is 2.18. The molecule has 5 nitrogen and oxygen atoms in total. The Morgan fingerprint density at radius 3 is 2.52 bits per heavy atom. The van der Waals surface area contributed by atoms with Gasteiger partial charge in [-0.05, 0) is 42.0 Å². The van der Waals surface area contributed by atoms with Crippen LogP contribution in [0, 0.1) is 0 Å². The first-order chi connectivity index (χ1) is 12.2. The molecule has 0 bridgehead atoms. The third-order valence-electron chi connectivity index (χ3n) is 5.03. The number of nitrogens with zero attached hydrogens (tertiary/aromatic N) is 4. The van der Waals surface area contributed by atoms with E-state index in [1.165, 1.54) is 22.3 Å². The summed E-state index contributed by atoms with van der Waals surface area (Å²) in [5.74, 6) is 0. The summed E-state index contributed by atoms with van der Waals surface area (Å²) < 4.78 is 0. The zero-order chi connectivity index (χ0) is 17.2. The summed E-state index contributed by atoms with van der Waals surface area (Å²) in [5, 5.41) is 1.24. The molecule has 1 aliphatic heterocycles. The molecule has 4 rings (SSSR count). The summed E-state index contributed by atoms with van der Waals surface area (Å²) in [6.45, 7) is 5.30. The van der Waals surface area contributed by atoms with Crippen LogP contribution in [0.2, 0.25) is 0 Å². The molecule has 25 heavy (non-hydrogen) atoms. The lowest BCUT2D eigenvalue weighted by molar-refractivity contribution is 0.250. The van der Waals surface area contributed by atoms with E-state index in [0.717, 1.165) is 38.4 Å². The van der Waals surface area contributed by atoms with Crippen molar-refractivity contribution in [1.82, 2.24) is 14.9 Å². The van der Waals surface area contributed by atoms with Gasteiger partial charge in [0.25, 0.3) is 0 Å². The van der Waals surface area contributed by atoms with E-state index in [1.807, 2.05) is 12.3 Å². The predicted molar refractivity (Wildman–Crippen MR) is 104 cm³/mol. The Labute approximate surface area is 148 Å². The molecule has 130 valence electrons. The van der Waals surface area contributed by atoms with E-state index in [0.29, 0.717) is 0 Å². The van der Waals surface area contributed by atoms with Crippen molar-refractivity contribution in [3.8, 4) is 0 Å². The number of nitrogens with one attached hydrogen (secondary N) is 1. The van der Waals surface area contributed by atoms with Gasteiger partial charge in [0.1, 0.15) is 5.65 Å². The molecule has 1 N–H and O–H groups in total. The van der Waals surface area contributed by atoms with Crippen LogP contribution in [0.3, 0.4) is 0 Å². The predicted octanol–water partition coefficient (Wildman–Crippen LogP) is 2.95. The molecular weight excluding hydrogens is 310 g/mol. The quantitative estimate of drug-likeness (QED) is 0.796. The van der Waals surface area contributed by atoms with Gasteiger partial charge in [0.15, 0.2) is 0 Å². The smallest absolute Gasteiger partial charge is 0.137 e. The van der Waals surface area contributed by atoms with Gasteiger partial charge in [0.2, 0.25) is 0 Å². The maximum Gasteiger partial charge on any atom is 0.137 e. The molecule has 1 aliphatic rings. The number of hydrogen-bond donors (Lipinski definition) is 1. The van der Waals surface area contributed by atoms with Gasteiger partial charge in [-0.1, -0.05) is 0 Å². The van der Waals surface area contributed by atoms with E-state index >= 15 is 0 Å². The second kappa shape index (κ2) is 6.76. The minimum atomic E-state index is 0.983. The topological polar surface area (TPSA) is 38.4 Å². The van der Waals surface area contributed by atoms with Crippen LogP contribution in [-0.4, -0.2) is 55.1 Å². The van der Waals surface area contributed by atoms with Gasteiger partial charge in [-0.15, -0.1) is 0 Å². The number of pyridine rings is 1. The van der Waals surface area contributed by atoms with Crippen LogP contribution in [0.25, 0.3) is 11.0 Å². The van der Waals surface area contributed by atoms with Crippen LogP contribution in [0.1, 0.15) is 5.56 Å². The molecule has 3 heterocycles. The Morgan fingerprint density at radius 1 is 1.04 bits per heavy atom. The van der Waals surface area contributed by atoms with Crippen molar-refractivity contribution in [2.24, 2.45) is 0 Å². The van der Waals surface area contributed by atoms with Crippen molar-refractivity contribution in [3.05, 3.63) is 54.4 Å². The van der Waals surface area contributed by atoms with Crippen molar-refractivity contribution in [2.75, 3.05) is 50.1 Å². The number of hydrogen-bond acceptors (Lipinski definition) is 4. The van der Waals surface area contributed by atoms with Gasteiger partial charge in [0.05, 0.1) is 0 Å². The number of H-pyrrole nitrogens is 1.